The number of hydrogen-bond acceptors (Lipinski definition) is 2. The molecule has 0 saturated heterocycles. The van der Waals surface area contributed by atoms with Gasteiger partial charge in [-0.15, -0.1) is 0 Å². The number of nitrogens with one attached hydrogen (secondary N) is 1. The van der Waals surface area contributed by atoms with Crippen molar-refractivity contribution in [2.75, 3.05) is 0 Å². The van der Waals surface area contributed by atoms with Gasteiger partial charge in [0.1, 0.15) is 0 Å². The Hall–Kier alpha value is -1.97. The Morgan fingerprint density at radius 1 is 1.43 bits per heavy atom. The first-order valence-corrected chi connectivity index (χ1v) is 4.28. The van der Waals surface area contributed by atoms with Crippen molar-refractivity contribution in [3.8, 4) is 0 Å². The topological polar surface area (TPSA) is 52.6 Å². The smallest absolute Gasteiger partial charge is 0.423 e. The maximum Gasteiger partial charge on any atom is 0.423 e. The molecule has 1 aromatic carbocycles. The van der Waals surface area contributed by atoms with Gasteiger partial charge in [0.25, 0.3) is 0 Å². The maximum absolute atomic E-state index is 10.4. The summed E-state index contributed by atoms with van der Waals surface area (Å²) < 4.78 is 0. The number of nitrogens with zero attached hydrogens (tertiary/aromatic N) is 1. The predicted molar refractivity (Wildman–Crippen MR) is 52.2 cm³/mol. The molecule has 72 valence electrons. The number of benzene rings is 1. The minimum absolute atomic E-state index is 0.568. The predicted octanol–water partition coefficient (Wildman–Crippen LogP) is 1.66. The highest BCUT2D eigenvalue weighted by Crippen LogP contribution is 2.17. The van der Waals surface area contributed by atoms with E-state index in [1.54, 1.807) is 6.20 Å². The normalized spacial score (nSPS) is 13.6. The number of rotatable bonds is 1. The van der Waals surface area contributed by atoms with Crippen LogP contribution in [0.1, 0.15) is 11.1 Å². The summed E-state index contributed by atoms with van der Waals surface area (Å²) in [4.78, 5) is 10.4. The molecule has 0 fully saturated rings. The van der Waals surface area contributed by atoms with Crippen molar-refractivity contribution in [3.05, 3.63) is 41.6 Å². The molecule has 0 aromatic heterocycles. The minimum atomic E-state index is -1.05. The van der Waals surface area contributed by atoms with Crippen molar-refractivity contribution in [3.63, 3.8) is 0 Å². The van der Waals surface area contributed by atoms with Gasteiger partial charge in [-0.25, -0.2) is 10.2 Å². The monoisotopic (exact) mass is 190 g/mol. The first-order chi connectivity index (χ1) is 6.75. The number of amides is 1. The first kappa shape index (κ1) is 8.62. The van der Waals surface area contributed by atoms with Crippen LogP contribution in [0.3, 0.4) is 0 Å². The maximum atomic E-state index is 10.4. The quantitative estimate of drug-likeness (QED) is 0.708. The number of carboxylic acid groups (broad SMARTS) is 1. The molecule has 1 aliphatic heterocycles. The van der Waals surface area contributed by atoms with Crippen LogP contribution < -0.4 is 5.43 Å². The molecular weight excluding hydrogens is 180 g/mol. The Bertz CT molecular complexity index is 387. The lowest BCUT2D eigenvalue weighted by atomic mass is 10.1. The zero-order chi connectivity index (χ0) is 9.97. The highest BCUT2D eigenvalue weighted by atomic mass is 16.4. The summed E-state index contributed by atoms with van der Waals surface area (Å²) in [7, 11) is 0. The van der Waals surface area contributed by atoms with Crippen LogP contribution in [0.5, 0.6) is 0 Å². The van der Waals surface area contributed by atoms with E-state index < -0.39 is 6.09 Å². The fourth-order valence-electron chi connectivity index (χ4n) is 1.45. The summed E-state index contributed by atoms with van der Waals surface area (Å²) in [6, 6.07) is 7.89. The van der Waals surface area contributed by atoms with Gasteiger partial charge in [-0.3, -0.25) is 5.01 Å². The Morgan fingerprint density at radius 2 is 2.21 bits per heavy atom. The van der Waals surface area contributed by atoms with Crippen molar-refractivity contribution < 1.29 is 9.90 Å². The SMILES string of the molecule is O=C(O)NN1C=Cc2ccccc2C1. The molecule has 4 heteroatoms. The van der Waals surface area contributed by atoms with Gasteiger partial charge in [0.2, 0.25) is 0 Å². The third-order valence-corrected chi connectivity index (χ3v) is 2.07. The summed E-state index contributed by atoms with van der Waals surface area (Å²) in [6.07, 6.45) is 2.56. The van der Waals surface area contributed by atoms with Crippen LogP contribution in [0.25, 0.3) is 6.08 Å². The molecule has 1 heterocycles. The molecule has 0 bridgehead atoms. The van der Waals surface area contributed by atoms with Crippen LogP contribution >= 0.6 is 0 Å². The molecule has 0 aliphatic carbocycles. The fraction of sp³-hybridized carbons (Fsp3) is 0.100. The van der Waals surface area contributed by atoms with E-state index in [0.717, 1.165) is 11.1 Å². The van der Waals surface area contributed by atoms with Crippen LogP contribution in [-0.4, -0.2) is 16.2 Å². The number of hydrazine groups is 1. The Balaban J connectivity index is 2.17. The molecule has 0 radical (unpaired) electrons. The second-order valence-corrected chi connectivity index (χ2v) is 3.06. The van der Waals surface area contributed by atoms with Crippen LogP contribution in [0.4, 0.5) is 4.79 Å². The van der Waals surface area contributed by atoms with E-state index in [2.05, 4.69) is 5.43 Å². The molecular formula is C10H10N2O2. The van der Waals surface area contributed by atoms with E-state index in [9.17, 15) is 4.79 Å². The summed E-state index contributed by atoms with van der Waals surface area (Å²) in [6.45, 7) is 0.568. The van der Waals surface area contributed by atoms with Gasteiger partial charge in [-0.2, -0.15) is 0 Å². The van der Waals surface area contributed by atoms with Gasteiger partial charge in [0.05, 0.1) is 6.54 Å². The second-order valence-electron chi connectivity index (χ2n) is 3.06. The minimum Gasteiger partial charge on any atom is -0.464 e. The molecule has 2 N–H and O–H groups in total. The second kappa shape index (κ2) is 3.41. The lowest BCUT2D eigenvalue weighted by Crippen LogP contribution is -2.37. The lowest BCUT2D eigenvalue weighted by Gasteiger charge is -2.24. The molecule has 1 aliphatic rings. The van der Waals surface area contributed by atoms with Crippen LogP contribution in [0.15, 0.2) is 30.5 Å². The van der Waals surface area contributed by atoms with Crippen molar-refractivity contribution >= 4 is 12.2 Å². The van der Waals surface area contributed by atoms with Crippen LogP contribution in [0.2, 0.25) is 0 Å². The summed E-state index contributed by atoms with van der Waals surface area (Å²) >= 11 is 0. The highest BCUT2D eigenvalue weighted by Gasteiger charge is 2.10. The van der Waals surface area contributed by atoms with Crippen molar-refractivity contribution in [2.24, 2.45) is 0 Å². The van der Waals surface area contributed by atoms with Crippen molar-refractivity contribution in [1.29, 1.82) is 0 Å². The van der Waals surface area contributed by atoms with Gasteiger partial charge < -0.3 is 5.11 Å². The van der Waals surface area contributed by atoms with Gasteiger partial charge in [-0.1, -0.05) is 24.3 Å². The van der Waals surface area contributed by atoms with Crippen LogP contribution in [0, 0.1) is 0 Å². The van der Waals surface area contributed by atoms with E-state index in [1.807, 2.05) is 30.3 Å². The summed E-state index contributed by atoms with van der Waals surface area (Å²) in [5.41, 5.74) is 4.54. The van der Waals surface area contributed by atoms with E-state index in [4.69, 9.17) is 5.11 Å². The van der Waals surface area contributed by atoms with Gasteiger partial charge in [0.15, 0.2) is 0 Å². The number of hydrogen-bond donors (Lipinski definition) is 2. The Kier molecular flexibility index (Phi) is 2.10. The molecule has 2 rings (SSSR count). The molecule has 0 unspecified atom stereocenters. The van der Waals surface area contributed by atoms with E-state index >= 15 is 0 Å². The number of fused-ring (bicyclic) bond motifs is 1. The number of carbonyl (C=O) groups is 1. The van der Waals surface area contributed by atoms with Gasteiger partial charge in [-0.05, 0) is 17.2 Å². The Morgan fingerprint density at radius 3 is 3.00 bits per heavy atom. The Labute approximate surface area is 81.4 Å². The van der Waals surface area contributed by atoms with Crippen molar-refractivity contribution in [2.45, 2.75) is 6.54 Å². The molecule has 4 nitrogen and oxygen atoms in total. The first-order valence-electron chi connectivity index (χ1n) is 4.28. The van der Waals surface area contributed by atoms with E-state index in [-0.39, 0.29) is 0 Å². The van der Waals surface area contributed by atoms with Gasteiger partial charge in [0, 0.05) is 6.20 Å². The van der Waals surface area contributed by atoms with Crippen LogP contribution in [-0.2, 0) is 6.54 Å². The summed E-state index contributed by atoms with van der Waals surface area (Å²) in [5.74, 6) is 0. The molecule has 0 saturated carbocycles. The summed E-state index contributed by atoms with van der Waals surface area (Å²) in [5, 5.41) is 10.1. The van der Waals surface area contributed by atoms with E-state index in [0.29, 0.717) is 6.54 Å². The molecule has 0 spiro atoms. The standard InChI is InChI=1S/C10H10N2O2/c13-10(14)11-12-6-5-8-3-1-2-4-9(8)7-12/h1-6,11H,7H2,(H,13,14). The zero-order valence-corrected chi connectivity index (χ0v) is 7.47. The largest absolute Gasteiger partial charge is 0.464 e. The van der Waals surface area contributed by atoms with Gasteiger partial charge >= 0.3 is 6.09 Å². The third kappa shape index (κ3) is 1.69. The molecule has 1 amide bonds. The molecule has 1 aromatic rings. The van der Waals surface area contributed by atoms with E-state index in [1.165, 1.54) is 5.01 Å². The molecule has 14 heavy (non-hydrogen) atoms. The third-order valence-electron chi connectivity index (χ3n) is 2.07. The highest BCUT2D eigenvalue weighted by molar-refractivity contribution is 5.64. The average Bonchev–Trinajstić information content (AvgIpc) is 2.17. The zero-order valence-electron chi connectivity index (χ0n) is 7.47. The van der Waals surface area contributed by atoms with Crippen molar-refractivity contribution in [1.82, 2.24) is 10.4 Å². The average molecular weight is 190 g/mol. The fourth-order valence-corrected chi connectivity index (χ4v) is 1.45. The lowest BCUT2D eigenvalue weighted by molar-refractivity contribution is 0.160. The molecule has 0 atom stereocenters.